The minimum absolute atomic E-state index is 0.794. The van der Waals surface area contributed by atoms with Crippen LogP contribution < -0.4 is 9.47 Å². The summed E-state index contributed by atoms with van der Waals surface area (Å²) in [5, 5.41) is 0. The maximum absolute atomic E-state index is 5.25. The molecule has 2 aromatic rings. The fraction of sp³-hybridized carbons (Fsp3) is 0.176. The van der Waals surface area contributed by atoms with Crippen LogP contribution in [0.5, 0.6) is 11.5 Å². The van der Waals surface area contributed by atoms with Crippen molar-refractivity contribution in [2.75, 3.05) is 14.2 Å². The molecule has 0 fully saturated rings. The lowest BCUT2D eigenvalue weighted by Crippen LogP contribution is -1.88. The van der Waals surface area contributed by atoms with Gasteiger partial charge in [-0.05, 0) is 30.2 Å². The normalized spacial score (nSPS) is 10.7. The van der Waals surface area contributed by atoms with Gasteiger partial charge >= 0.3 is 0 Å². The van der Waals surface area contributed by atoms with Gasteiger partial charge in [-0.15, -0.1) is 0 Å². The molecule has 19 heavy (non-hydrogen) atoms. The van der Waals surface area contributed by atoms with Crippen molar-refractivity contribution in [2.24, 2.45) is 0 Å². The third-order valence-electron chi connectivity index (χ3n) is 2.92. The molecule has 0 aliphatic heterocycles. The molecule has 0 saturated carbocycles. The lowest BCUT2D eigenvalue weighted by Gasteiger charge is -2.05. The van der Waals surface area contributed by atoms with E-state index in [0.29, 0.717) is 0 Å². The van der Waals surface area contributed by atoms with E-state index in [-0.39, 0.29) is 0 Å². The van der Waals surface area contributed by atoms with Gasteiger partial charge in [0.25, 0.3) is 0 Å². The quantitative estimate of drug-likeness (QED) is 0.762. The molecular weight excluding hydrogens is 236 g/mol. The van der Waals surface area contributed by atoms with E-state index in [9.17, 15) is 0 Å². The van der Waals surface area contributed by atoms with Gasteiger partial charge in [0.05, 0.1) is 14.2 Å². The topological polar surface area (TPSA) is 18.5 Å². The first-order valence-electron chi connectivity index (χ1n) is 6.19. The zero-order valence-electron chi connectivity index (χ0n) is 11.5. The van der Waals surface area contributed by atoms with Gasteiger partial charge in [-0.25, -0.2) is 0 Å². The third kappa shape index (κ3) is 3.62. The van der Waals surface area contributed by atoms with E-state index >= 15 is 0 Å². The van der Waals surface area contributed by atoms with E-state index in [0.717, 1.165) is 17.1 Å². The third-order valence-corrected chi connectivity index (χ3v) is 2.92. The van der Waals surface area contributed by atoms with Gasteiger partial charge in [0.2, 0.25) is 0 Å². The molecule has 98 valence electrons. The van der Waals surface area contributed by atoms with Crippen LogP contribution in [0, 0.1) is 6.92 Å². The number of methoxy groups -OCH3 is 2. The molecular formula is C17H18O2. The highest BCUT2D eigenvalue weighted by Crippen LogP contribution is 2.23. The second-order valence-corrected chi connectivity index (χ2v) is 4.39. The smallest absolute Gasteiger partial charge is 0.123 e. The maximum Gasteiger partial charge on any atom is 0.123 e. The van der Waals surface area contributed by atoms with Gasteiger partial charge in [-0.1, -0.05) is 42.0 Å². The molecule has 2 rings (SSSR count). The summed E-state index contributed by atoms with van der Waals surface area (Å²) in [4.78, 5) is 0. The Bertz CT molecular complexity index is 546. The zero-order chi connectivity index (χ0) is 13.7. The number of aryl methyl sites for hydroxylation is 1. The van der Waals surface area contributed by atoms with Crippen molar-refractivity contribution in [3.05, 3.63) is 59.2 Å². The summed E-state index contributed by atoms with van der Waals surface area (Å²) >= 11 is 0. The average Bonchev–Trinajstić information content (AvgIpc) is 2.46. The molecule has 0 aliphatic carbocycles. The summed E-state index contributed by atoms with van der Waals surface area (Å²) < 4.78 is 10.5. The second kappa shape index (κ2) is 6.10. The minimum Gasteiger partial charge on any atom is -0.497 e. The Hall–Kier alpha value is -2.22. The summed E-state index contributed by atoms with van der Waals surface area (Å²) in [5.74, 6) is 1.59. The van der Waals surface area contributed by atoms with E-state index in [1.807, 2.05) is 18.2 Å². The van der Waals surface area contributed by atoms with Gasteiger partial charge in [0.1, 0.15) is 11.5 Å². The first-order valence-corrected chi connectivity index (χ1v) is 6.19. The lowest BCUT2D eigenvalue weighted by atomic mass is 10.1. The summed E-state index contributed by atoms with van der Waals surface area (Å²) in [6, 6.07) is 14.2. The van der Waals surface area contributed by atoms with Crippen LogP contribution in [-0.2, 0) is 0 Å². The Morgan fingerprint density at radius 2 is 1.26 bits per heavy atom. The van der Waals surface area contributed by atoms with Gasteiger partial charge in [-0.2, -0.15) is 0 Å². The summed E-state index contributed by atoms with van der Waals surface area (Å²) in [7, 11) is 3.31. The predicted octanol–water partition coefficient (Wildman–Crippen LogP) is 4.18. The van der Waals surface area contributed by atoms with Crippen molar-refractivity contribution in [3.63, 3.8) is 0 Å². The highest BCUT2D eigenvalue weighted by atomic mass is 16.5. The number of rotatable bonds is 4. The van der Waals surface area contributed by atoms with Gasteiger partial charge in [0.15, 0.2) is 0 Å². The largest absolute Gasteiger partial charge is 0.497 e. The van der Waals surface area contributed by atoms with E-state index < -0.39 is 0 Å². The van der Waals surface area contributed by atoms with Crippen molar-refractivity contribution in [1.29, 1.82) is 0 Å². The molecule has 0 unspecified atom stereocenters. The van der Waals surface area contributed by atoms with Crippen LogP contribution in [0.1, 0.15) is 16.7 Å². The second-order valence-electron chi connectivity index (χ2n) is 4.39. The van der Waals surface area contributed by atoms with Crippen LogP contribution in [0.15, 0.2) is 42.5 Å². The molecule has 0 saturated heterocycles. The molecule has 0 spiro atoms. The Kier molecular flexibility index (Phi) is 4.24. The average molecular weight is 254 g/mol. The monoisotopic (exact) mass is 254 g/mol. The van der Waals surface area contributed by atoms with Crippen LogP contribution in [0.25, 0.3) is 12.2 Å². The Balaban J connectivity index is 2.24. The van der Waals surface area contributed by atoms with E-state index in [1.54, 1.807) is 14.2 Å². The molecule has 2 nitrogen and oxygen atoms in total. The van der Waals surface area contributed by atoms with Crippen LogP contribution in [0.4, 0.5) is 0 Å². The molecule has 0 aliphatic rings. The van der Waals surface area contributed by atoms with Gasteiger partial charge in [-0.3, -0.25) is 0 Å². The van der Waals surface area contributed by atoms with E-state index in [1.165, 1.54) is 11.1 Å². The minimum atomic E-state index is 0.794. The van der Waals surface area contributed by atoms with Crippen LogP contribution in [0.2, 0.25) is 0 Å². The zero-order valence-corrected chi connectivity index (χ0v) is 11.5. The highest BCUT2D eigenvalue weighted by molar-refractivity contribution is 5.71. The highest BCUT2D eigenvalue weighted by Gasteiger charge is 1.99. The van der Waals surface area contributed by atoms with Crippen molar-refractivity contribution in [1.82, 2.24) is 0 Å². The van der Waals surface area contributed by atoms with Crippen molar-refractivity contribution in [2.45, 2.75) is 6.92 Å². The first kappa shape index (κ1) is 13.2. The lowest BCUT2D eigenvalue weighted by molar-refractivity contribution is 0.394. The molecule has 0 bridgehead atoms. The Labute approximate surface area is 114 Å². The molecule has 0 amide bonds. The van der Waals surface area contributed by atoms with E-state index in [4.69, 9.17) is 9.47 Å². The molecule has 0 radical (unpaired) electrons. The van der Waals surface area contributed by atoms with Gasteiger partial charge < -0.3 is 9.47 Å². The van der Waals surface area contributed by atoms with Crippen LogP contribution in [-0.4, -0.2) is 14.2 Å². The van der Waals surface area contributed by atoms with Crippen molar-refractivity contribution < 1.29 is 9.47 Å². The first-order chi connectivity index (χ1) is 9.21. The van der Waals surface area contributed by atoms with Crippen LogP contribution in [0.3, 0.4) is 0 Å². The number of benzene rings is 2. The number of hydrogen-bond acceptors (Lipinski definition) is 2. The van der Waals surface area contributed by atoms with Crippen molar-refractivity contribution in [3.8, 4) is 11.5 Å². The Morgan fingerprint density at radius 3 is 1.79 bits per heavy atom. The Morgan fingerprint density at radius 1 is 0.737 bits per heavy atom. The van der Waals surface area contributed by atoms with Gasteiger partial charge in [0, 0.05) is 6.07 Å². The fourth-order valence-electron chi connectivity index (χ4n) is 1.80. The number of hydrogen-bond donors (Lipinski definition) is 0. The summed E-state index contributed by atoms with van der Waals surface area (Å²) in [5.41, 5.74) is 3.49. The molecule has 2 aromatic carbocycles. The summed E-state index contributed by atoms with van der Waals surface area (Å²) in [6.45, 7) is 2.08. The fourth-order valence-corrected chi connectivity index (χ4v) is 1.80. The molecule has 0 heterocycles. The molecule has 0 atom stereocenters. The molecule has 0 N–H and O–H groups in total. The maximum atomic E-state index is 5.25. The van der Waals surface area contributed by atoms with Crippen molar-refractivity contribution >= 4 is 12.2 Å². The standard InChI is InChI=1S/C17H18O2/c1-13-4-6-14(7-5-13)8-9-15-10-16(18-2)12-17(11-15)19-3/h4-12H,1-3H3/b9-8+. The van der Waals surface area contributed by atoms with Crippen LogP contribution >= 0.6 is 0 Å². The SMILES string of the molecule is COc1cc(/C=C/c2ccc(C)cc2)cc(OC)c1. The molecule has 2 heteroatoms. The summed E-state index contributed by atoms with van der Waals surface area (Å²) in [6.07, 6.45) is 4.13. The van der Waals surface area contributed by atoms with E-state index in [2.05, 4.69) is 43.3 Å². The number of ether oxygens (including phenoxy) is 2. The molecule has 0 aromatic heterocycles. The predicted molar refractivity (Wildman–Crippen MR) is 79.7 cm³/mol.